The maximum Gasteiger partial charge on any atom is 0.224 e. The third-order valence-corrected chi connectivity index (χ3v) is 4.32. The second kappa shape index (κ2) is 6.58. The van der Waals surface area contributed by atoms with Crippen LogP contribution in [-0.2, 0) is 12.0 Å². The number of ether oxygens (including phenoxy) is 1. The Labute approximate surface area is 151 Å². The summed E-state index contributed by atoms with van der Waals surface area (Å²) < 4.78 is 5.87. The van der Waals surface area contributed by atoms with Gasteiger partial charge >= 0.3 is 0 Å². The molecule has 2 aromatic carbocycles. The highest BCUT2D eigenvalue weighted by molar-refractivity contribution is 6.38. The molecule has 1 heterocycles. The van der Waals surface area contributed by atoms with Crippen molar-refractivity contribution in [3.63, 3.8) is 0 Å². The highest BCUT2D eigenvalue weighted by Crippen LogP contribution is 2.31. The van der Waals surface area contributed by atoms with Crippen molar-refractivity contribution in [2.45, 2.75) is 32.8 Å². The summed E-state index contributed by atoms with van der Waals surface area (Å²) in [4.78, 5) is 8.40. The van der Waals surface area contributed by atoms with E-state index in [-0.39, 0.29) is 5.41 Å². The van der Waals surface area contributed by atoms with Crippen LogP contribution in [0.3, 0.4) is 0 Å². The highest BCUT2D eigenvalue weighted by Gasteiger charge is 2.13. The molecule has 0 saturated carbocycles. The lowest BCUT2D eigenvalue weighted by molar-refractivity contribution is 0.297. The van der Waals surface area contributed by atoms with Crippen LogP contribution in [0.2, 0.25) is 10.0 Å². The van der Waals surface area contributed by atoms with E-state index in [0.29, 0.717) is 33.4 Å². The number of nitrogens with zero attached hydrogens (tertiary/aromatic N) is 2. The fourth-order valence-corrected chi connectivity index (χ4v) is 2.98. The maximum atomic E-state index is 6.18. The zero-order valence-electron chi connectivity index (χ0n) is 13.8. The van der Waals surface area contributed by atoms with Crippen molar-refractivity contribution in [2.75, 3.05) is 0 Å². The Balaban J connectivity index is 1.83. The van der Waals surface area contributed by atoms with Gasteiger partial charge in [0, 0.05) is 5.02 Å². The Morgan fingerprint density at radius 2 is 1.71 bits per heavy atom. The summed E-state index contributed by atoms with van der Waals surface area (Å²) >= 11 is 12.3. The maximum absolute atomic E-state index is 6.18. The molecule has 0 aliphatic carbocycles. The van der Waals surface area contributed by atoms with Gasteiger partial charge in [0.2, 0.25) is 5.88 Å². The molecule has 0 spiro atoms. The molecule has 0 unspecified atom stereocenters. The van der Waals surface area contributed by atoms with Crippen molar-refractivity contribution in [1.82, 2.24) is 9.97 Å². The summed E-state index contributed by atoms with van der Waals surface area (Å²) in [5.41, 5.74) is 3.13. The van der Waals surface area contributed by atoms with Crippen molar-refractivity contribution in [3.8, 4) is 5.88 Å². The van der Waals surface area contributed by atoms with Crippen LogP contribution in [0, 0.1) is 0 Å². The van der Waals surface area contributed by atoms with E-state index in [9.17, 15) is 0 Å². The van der Waals surface area contributed by atoms with Gasteiger partial charge in [-0.1, -0.05) is 68.2 Å². The average molecular weight is 361 g/mol. The minimum Gasteiger partial charge on any atom is -0.472 e. The Kier molecular flexibility index (Phi) is 4.66. The van der Waals surface area contributed by atoms with Crippen molar-refractivity contribution in [3.05, 3.63) is 63.9 Å². The summed E-state index contributed by atoms with van der Waals surface area (Å²) in [6.07, 6.45) is 1.44. The molecule has 0 fully saturated rings. The number of fused-ring (bicyclic) bond motifs is 1. The van der Waals surface area contributed by atoms with Gasteiger partial charge in [-0.3, -0.25) is 0 Å². The molecule has 3 aromatic rings. The average Bonchev–Trinajstić information content (AvgIpc) is 2.52. The molecule has 0 N–H and O–H groups in total. The van der Waals surface area contributed by atoms with E-state index in [4.69, 9.17) is 27.9 Å². The topological polar surface area (TPSA) is 35.0 Å². The second-order valence-corrected chi connectivity index (χ2v) is 7.54. The second-order valence-electron chi connectivity index (χ2n) is 6.70. The first-order chi connectivity index (χ1) is 11.3. The predicted octanol–water partition coefficient (Wildman–Crippen LogP) is 5.81. The monoisotopic (exact) mass is 360 g/mol. The quantitative estimate of drug-likeness (QED) is 0.590. The van der Waals surface area contributed by atoms with Crippen molar-refractivity contribution in [1.29, 1.82) is 0 Å². The Morgan fingerprint density at radius 1 is 1.00 bits per heavy atom. The summed E-state index contributed by atoms with van der Waals surface area (Å²) in [7, 11) is 0. The SMILES string of the molecule is CC(C)(C)c1ccc(COc2ncnc3c(Cl)cc(Cl)cc23)cc1. The van der Waals surface area contributed by atoms with E-state index < -0.39 is 0 Å². The summed E-state index contributed by atoms with van der Waals surface area (Å²) in [5.74, 6) is 0.476. The molecule has 0 atom stereocenters. The largest absolute Gasteiger partial charge is 0.472 e. The number of halogens is 2. The summed E-state index contributed by atoms with van der Waals surface area (Å²) in [6, 6.07) is 11.8. The van der Waals surface area contributed by atoms with Crippen molar-refractivity contribution < 1.29 is 4.74 Å². The molecule has 3 rings (SSSR count). The Morgan fingerprint density at radius 3 is 2.38 bits per heavy atom. The summed E-state index contributed by atoms with van der Waals surface area (Å²) in [5, 5.41) is 1.72. The first-order valence-electron chi connectivity index (χ1n) is 7.66. The normalized spacial score (nSPS) is 11.7. The standard InChI is InChI=1S/C19H18Cl2N2O/c1-19(2,3)13-6-4-12(5-7-13)10-24-18-15-8-14(20)9-16(21)17(15)22-11-23-18/h4-9,11H,10H2,1-3H3. The van der Waals surface area contributed by atoms with Crippen molar-refractivity contribution >= 4 is 34.1 Å². The van der Waals surface area contributed by atoms with Crippen LogP contribution in [-0.4, -0.2) is 9.97 Å². The predicted molar refractivity (Wildman–Crippen MR) is 99.0 cm³/mol. The third kappa shape index (κ3) is 3.63. The van der Waals surface area contributed by atoms with E-state index >= 15 is 0 Å². The number of benzene rings is 2. The van der Waals surface area contributed by atoms with Gasteiger partial charge in [-0.2, -0.15) is 0 Å². The van der Waals surface area contributed by atoms with Gasteiger partial charge in [0.05, 0.1) is 15.9 Å². The molecular weight excluding hydrogens is 343 g/mol. The minimum absolute atomic E-state index is 0.135. The van der Waals surface area contributed by atoms with E-state index in [1.165, 1.54) is 11.9 Å². The van der Waals surface area contributed by atoms with Gasteiger partial charge in [-0.05, 0) is 28.7 Å². The molecule has 0 amide bonds. The third-order valence-electron chi connectivity index (χ3n) is 3.82. The molecule has 0 aliphatic heterocycles. The first kappa shape index (κ1) is 17.0. The summed E-state index contributed by atoms with van der Waals surface area (Å²) in [6.45, 7) is 7.00. The van der Waals surface area contributed by atoms with E-state index in [2.05, 4.69) is 55.0 Å². The van der Waals surface area contributed by atoms with E-state index in [1.807, 2.05) is 0 Å². The zero-order valence-corrected chi connectivity index (χ0v) is 15.3. The molecule has 124 valence electrons. The highest BCUT2D eigenvalue weighted by atomic mass is 35.5. The van der Waals surface area contributed by atoms with Gasteiger partial charge in [0.15, 0.2) is 0 Å². The van der Waals surface area contributed by atoms with Gasteiger partial charge in [-0.25, -0.2) is 9.97 Å². The molecule has 0 radical (unpaired) electrons. The van der Waals surface area contributed by atoms with Crippen LogP contribution in [0.25, 0.3) is 10.9 Å². The molecule has 3 nitrogen and oxygen atoms in total. The van der Waals surface area contributed by atoms with Crippen LogP contribution in [0.1, 0.15) is 31.9 Å². The van der Waals surface area contributed by atoms with Gasteiger partial charge in [0.25, 0.3) is 0 Å². The Bertz CT molecular complexity index is 871. The van der Waals surface area contributed by atoms with Gasteiger partial charge in [-0.15, -0.1) is 0 Å². The van der Waals surface area contributed by atoms with Crippen molar-refractivity contribution in [2.24, 2.45) is 0 Å². The van der Waals surface area contributed by atoms with Crippen LogP contribution in [0.5, 0.6) is 5.88 Å². The first-order valence-corrected chi connectivity index (χ1v) is 8.42. The fraction of sp³-hybridized carbons (Fsp3) is 0.263. The van der Waals surface area contributed by atoms with Crippen LogP contribution < -0.4 is 4.74 Å². The number of aromatic nitrogens is 2. The van der Waals surface area contributed by atoms with Gasteiger partial charge < -0.3 is 4.74 Å². The molecular formula is C19H18Cl2N2O. The molecule has 0 bridgehead atoms. The number of hydrogen-bond acceptors (Lipinski definition) is 3. The molecule has 1 aromatic heterocycles. The molecule has 0 saturated heterocycles. The van der Waals surface area contributed by atoms with Crippen LogP contribution in [0.15, 0.2) is 42.7 Å². The molecule has 24 heavy (non-hydrogen) atoms. The lowest BCUT2D eigenvalue weighted by Crippen LogP contribution is -2.10. The van der Waals surface area contributed by atoms with Gasteiger partial charge in [0.1, 0.15) is 12.9 Å². The fourth-order valence-electron chi connectivity index (χ4n) is 2.44. The molecule has 5 heteroatoms. The van der Waals surface area contributed by atoms with Crippen LogP contribution in [0.4, 0.5) is 0 Å². The smallest absolute Gasteiger partial charge is 0.224 e. The zero-order chi connectivity index (χ0) is 17.3. The minimum atomic E-state index is 0.135. The lowest BCUT2D eigenvalue weighted by atomic mass is 9.87. The van der Waals surface area contributed by atoms with Crippen LogP contribution >= 0.6 is 23.2 Å². The lowest BCUT2D eigenvalue weighted by Gasteiger charge is -2.19. The Hall–Kier alpha value is -1.84. The van der Waals surface area contributed by atoms with E-state index in [1.54, 1.807) is 12.1 Å². The number of hydrogen-bond donors (Lipinski definition) is 0. The van der Waals surface area contributed by atoms with E-state index in [0.717, 1.165) is 5.56 Å². The molecule has 0 aliphatic rings. The number of rotatable bonds is 3.